The SMILES string of the molecule is COc1ccc(CCNC(=O)/C=C/c2cc3c(cn2)[nH]c2ccccc23)cc1. The quantitative estimate of drug-likeness (QED) is 0.502. The molecule has 4 aromatic rings. The van der Waals surface area contributed by atoms with Crippen LogP contribution in [0.25, 0.3) is 27.9 Å². The molecule has 1 amide bonds. The van der Waals surface area contributed by atoms with Crippen LogP contribution in [0, 0.1) is 0 Å². The molecule has 2 aromatic heterocycles. The summed E-state index contributed by atoms with van der Waals surface area (Å²) in [6.45, 7) is 0.574. The van der Waals surface area contributed by atoms with Gasteiger partial charge in [-0.3, -0.25) is 9.78 Å². The second-order valence-electron chi connectivity index (χ2n) is 6.55. The van der Waals surface area contributed by atoms with Crippen molar-refractivity contribution >= 4 is 33.8 Å². The summed E-state index contributed by atoms with van der Waals surface area (Å²) in [6, 6.07) is 18.0. The Kier molecular flexibility index (Phi) is 5.06. The summed E-state index contributed by atoms with van der Waals surface area (Å²) in [5.74, 6) is 0.699. The number of H-pyrrole nitrogens is 1. The second-order valence-corrected chi connectivity index (χ2v) is 6.55. The van der Waals surface area contributed by atoms with Crippen LogP contribution in [0.15, 0.2) is 66.9 Å². The van der Waals surface area contributed by atoms with E-state index in [0.717, 1.165) is 45.2 Å². The Labute approximate surface area is 163 Å². The lowest BCUT2D eigenvalue weighted by molar-refractivity contribution is -0.116. The van der Waals surface area contributed by atoms with E-state index in [1.54, 1.807) is 19.4 Å². The molecular formula is C23H21N3O2. The van der Waals surface area contributed by atoms with Crippen LogP contribution in [-0.4, -0.2) is 29.5 Å². The first-order valence-electron chi connectivity index (χ1n) is 9.18. The molecule has 0 unspecified atom stereocenters. The lowest BCUT2D eigenvalue weighted by Gasteiger charge is -2.04. The van der Waals surface area contributed by atoms with Gasteiger partial charge in [0.1, 0.15) is 5.75 Å². The number of carbonyl (C=O) groups excluding carboxylic acids is 1. The van der Waals surface area contributed by atoms with Crippen molar-refractivity contribution in [1.82, 2.24) is 15.3 Å². The summed E-state index contributed by atoms with van der Waals surface area (Å²) < 4.78 is 5.14. The van der Waals surface area contributed by atoms with Crippen LogP contribution in [0.2, 0.25) is 0 Å². The zero-order valence-corrected chi connectivity index (χ0v) is 15.6. The highest BCUT2D eigenvalue weighted by atomic mass is 16.5. The Hall–Kier alpha value is -3.60. The minimum Gasteiger partial charge on any atom is -0.497 e. The lowest BCUT2D eigenvalue weighted by atomic mass is 10.1. The number of para-hydroxylation sites is 1. The summed E-state index contributed by atoms with van der Waals surface area (Å²) in [5, 5.41) is 5.15. The van der Waals surface area contributed by atoms with E-state index in [-0.39, 0.29) is 5.91 Å². The van der Waals surface area contributed by atoms with Gasteiger partial charge in [-0.15, -0.1) is 0 Å². The first-order valence-corrected chi connectivity index (χ1v) is 9.18. The molecule has 5 nitrogen and oxygen atoms in total. The van der Waals surface area contributed by atoms with Crippen molar-refractivity contribution in [3.63, 3.8) is 0 Å². The van der Waals surface area contributed by atoms with Crippen LogP contribution >= 0.6 is 0 Å². The molecule has 2 aromatic carbocycles. The maximum absolute atomic E-state index is 12.1. The Morgan fingerprint density at radius 3 is 2.75 bits per heavy atom. The number of nitrogens with zero attached hydrogens (tertiary/aromatic N) is 1. The van der Waals surface area contributed by atoms with Gasteiger partial charge in [0.05, 0.1) is 24.5 Å². The standard InChI is InChI=1S/C23H21N3O2/c1-28-18-9-6-16(7-10-18)12-13-24-23(27)11-8-17-14-20-19-4-2-3-5-21(19)26-22(20)15-25-17/h2-11,14-15,26H,12-13H2,1H3,(H,24,27)/b11-8+. The molecule has 0 radical (unpaired) electrons. The van der Waals surface area contributed by atoms with Gasteiger partial charge in [-0.2, -0.15) is 0 Å². The fourth-order valence-electron chi connectivity index (χ4n) is 3.20. The molecule has 0 spiro atoms. The lowest BCUT2D eigenvalue weighted by Crippen LogP contribution is -2.23. The monoisotopic (exact) mass is 371 g/mol. The van der Waals surface area contributed by atoms with Crippen LogP contribution in [0.1, 0.15) is 11.3 Å². The predicted molar refractivity (Wildman–Crippen MR) is 112 cm³/mol. The molecule has 0 aliphatic carbocycles. The van der Waals surface area contributed by atoms with Crippen LogP contribution < -0.4 is 10.1 Å². The molecule has 0 fully saturated rings. The number of hydrogen-bond donors (Lipinski definition) is 2. The van der Waals surface area contributed by atoms with Gasteiger partial charge in [-0.25, -0.2) is 0 Å². The van der Waals surface area contributed by atoms with Gasteiger partial charge in [0.25, 0.3) is 0 Å². The molecule has 4 rings (SSSR count). The number of aromatic amines is 1. The van der Waals surface area contributed by atoms with E-state index in [0.29, 0.717) is 6.54 Å². The predicted octanol–water partition coefficient (Wildman–Crippen LogP) is 4.10. The van der Waals surface area contributed by atoms with E-state index in [1.807, 2.05) is 48.5 Å². The van der Waals surface area contributed by atoms with Crippen LogP contribution in [0.3, 0.4) is 0 Å². The maximum atomic E-state index is 12.1. The van der Waals surface area contributed by atoms with Gasteiger partial charge in [-0.1, -0.05) is 30.3 Å². The number of hydrogen-bond acceptors (Lipinski definition) is 3. The highest BCUT2D eigenvalue weighted by molar-refractivity contribution is 6.07. The summed E-state index contributed by atoms with van der Waals surface area (Å²) in [5.41, 5.74) is 3.97. The van der Waals surface area contributed by atoms with Crippen molar-refractivity contribution in [2.24, 2.45) is 0 Å². The Morgan fingerprint density at radius 2 is 1.93 bits per heavy atom. The number of methoxy groups -OCH3 is 1. The maximum Gasteiger partial charge on any atom is 0.244 e. The Morgan fingerprint density at radius 1 is 1.11 bits per heavy atom. The molecule has 140 valence electrons. The molecule has 0 saturated heterocycles. The zero-order valence-electron chi connectivity index (χ0n) is 15.6. The third-order valence-electron chi connectivity index (χ3n) is 4.69. The van der Waals surface area contributed by atoms with E-state index in [2.05, 4.69) is 21.4 Å². The summed E-state index contributed by atoms with van der Waals surface area (Å²) in [6.07, 6.45) is 5.83. The van der Waals surface area contributed by atoms with E-state index >= 15 is 0 Å². The number of ether oxygens (including phenoxy) is 1. The second kappa shape index (κ2) is 7.96. The molecule has 2 N–H and O–H groups in total. The number of aromatic nitrogens is 2. The smallest absolute Gasteiger partial charge is 0.244 e. The number of nitrogens with one attached hydrogen (secondary N) is 2. The fourth-order valence-corrected chi connectivity index (χ4v) is 3.20. The normalized spacial score (nSPS) is 11.3. The number of fused-ring (bicyclic) bond motifs is 3. The van der Waals surface area contributed by atoms with Gasteiger partial charge in [0.2, 0.25) is 5.91 Å². The molecule has 0 saturated carbocycles. The van der Waals surface area contributed by atoms with Crippen molar-refractivity contribution < 1.29 is 9.53 Å². The third-order valence-corrected chi connectivity index (χ3v) is 4.69. The minimum absolute atomic E-state index is 0.130. The van der Waals surface area contributed by atoms with E-state index in [4.69, 9.17) is 4.74 Å². The Bertz CT molecular complexity index is 1140. The molecule has 5 heteroatoms. The van der Waals surface area contributed by atoms with Crippen LogP contribution in [-0.2, 0) is 11.2 Å². The van der Waals surface area contributed by atoms with Crippen molar-refractivity contribution in [3.8, 4) is 5.75 Å². The number of pyridine rings is 1. The van der Waals surface area contributed by atoms with Gasteiger partial charge in [-0.05, 0) is 42.3 Å². The summed E-state index contributed by atoms with van der Waals surface area (Å²) in [7, 11) is 1.65. The molecule has 2 heterocycles. The van der Waals surface area contributed by atoms with Crippen LogP contribution in [0.4, 0.5) is 0 Å². The van der Waals surface area contributed by atoms with E-state index < -0.39 is 0 Å². The first kappa shape index (κ1) is 17.8. The largest absolute Gasteiger partial charge is 0.497 e. The summed E-state index contributed by atoms with van der Waals surface area (Å²) >= 11 is 0. The van der Waals surface area contributed by atoms with Crippen molar-refractivity contribution in [2.45, 2.75) is 6.42 Å². The molecule has 28 heavy (non-hydrogen) atoms. The average Bonchev–Trinajstić information content (AvgIpc) is 3.11. The summed E-state index contributed by atoms with van der Waals surface area (Å²) in [4.78, 5) is 19.8. The average molecular weight is 371 g/mol. The molecular weight excluding hydrogens is 350 g/mol. The van der Waals surface area contributed by atoms with Gasteiger partial charge in [0, 0.05) is 28.9 Å². The number of benzene rings is 2. The molecule has 0 aliphatic heterocycles. The topological polar surface area (TPSA) is 67.0 Å². The number of carbonyl (C=O) groups is 1. The van der Waals surface area contributed by atoms with Gasteiger partial charge >= 0.3 is 0 Å². The van der Waals surface area contributed by atoms with Gasteiger partial charge in [0.15, 0.2) is 0 Å². The zero-order chi connectivity index (χ0) is 19.3. The van der Waals surface area contributed by atoms with Crippen molar-refractivity contribution in [2.75, 3.05) is 13.7 Å². The number of rotatable bonds is 6. The molecule has 0 atom stereocenters. The number of amides is 1. The Balaban J connectivity index is 1.37. The van der Waals surface area contributed by atoms with Crippen LogP contribution in [0.5, 0.6) is 5.75 Å². The molecule has 0 bridgehead atoms. The van der Waals surface area contributed by atoms with Crippen molar-refractivity contribution in [1.29, 1.82) is 0 Å². The highest BCUT2D eigenvalue weighted by Gasteiger charge is 2.04. The van der Waals surface area contributed by atoms with E-state index in [1.165, 1.54) is 6.08 Å². The third kappa shape index (κ3) is 3.88. The minimum atomic E-state index is -0.130. The first-order chi connectivity index (χ1) is 13.7. The van der Waals surface area contributed by atoms with E-state index in [9.17, 15) is 4.79 Å². The van der Waals surface area contributed by atoms with Crippen molar-refractivity contribution in [3.05, 3.63) is 78.1 Å². The highest BCUT2D eigenvalue weighted by Crippen LogP contribution is 2.25. The fraction of sp³-hybridized carbons (Fsp3) is 0.130. The van der Waals surface area contributed by atoms with Gasteiger partial charge < -0.3 is 15.0 Å². The molecule has 0 aliphatic rings.